The maximum absolute atomic E-state index is 11.6. The quantitative estimate of drug-likeness (QED) is 0.727. The summed E-state index contributed by atoms with van der Waals surface area (Å²) in [5.41, 5.74) is 8.34. The molecule has 2 heterocycles. The summed E-state index contributed by atoms with van der Waals surface area (Å²) in [4.78, 5) is 16.4. The highest BCUT2D eigenvalue weighted by Crippen LogP contribution is 2.34. The van der Waals surface area contributed by atoms with Crippen LogP contribution in [0.2, 0.25) is 5.02 Å². The summed E-state index contributed by atoms with van der Waals surface area (Å²) in [5, 5.41) is 19.0. The number of aliphatic imine (C=N–C) groups is 1. The van der Waals surface area contributed by atoms with Crippen molar-refractivity contribution in [1.29, 1.82) is 0 Å². The normalized spacial score (nSPS) is 15.5. The van der Waals surface area contributed by atoms with Crippen LogP contribution in [-0.2, 0) is 4.79 Å². The molecule has 136 valence electrons. The summed E-state index contributed by atoms with van der Waals surface area (Å²) in [6, 6.07) is 11.6. The molecule has 1 aliphatic rings. The zero-order valence-corrected chi connectivity index (χ0v) is 15.2. The number of carbonyl (C=O) groups excluding carboxylic acids is 1. The van der Waals surface area contributed by atoms with E-state index in [0.29, 0.717) is 27.9 Å². The molecule has 0 fully saturated rings. The number of hydrogen-bond donors (Lipinski definition) is 2. The van der Waals surface area contributed by atoms with Gasteiger partial charge < -0.3 is 10.8 Å². The third-order valence-electron chi connectivity index (χ3n) is 4.42. The third-order valence-corrected chi connectivity index (χ3v) is 4.67. The second kappa shape index (κ2) is 6.51. The Morgan fingerprint density at radius 2 is 1.96 bits per heavy atom. The molecular weight excluding hydrogens is 366 g/mol. The second-order valence-electron chi connectivity index (χ2n) is 6.31. The van der Waals surface area contributed by atoms with Crippen molar-refractivity contribution in [1.82, 2.24) is 14.8 Å². The van der Waals surface area contributed by atoms with Crippen LogP contribution in [0.3, 0.4) is 0 Å². The lowest BCUT2D eigenvalue weighted by molar-refractivity contribution is -0.118. The Balaban J connectivity index is 2.02. The number of primary amides is 1. The summed E-state index contributed by atoms with van der Waals surface area (Å²) in [7, 11) is 0. The number of rotatable bonds is 3. The Hall–Kier alpha value is -3.19. The Kier molecular flexibility index (Phi) is 4.16. The lowest BCUT2D eigenvalue weighted by Crippen LogP contribution is -2.17. The van der Waals surface area contributed by atoms with E-state index in [9.17, 15) is 9.90 Å². The first-order chi connectivity index (χ1) is 12.9. The van der Waals surface area contributed by atoms with Crippen molar-refractivity contribution in [2.45, 2.75) is 19.4 Å². The van der Waals surface area contributed by atoms with E-state index in [0.717, 1.165) is 11.3 Å². The van der Waals surface area contributed by atoms with Crippen molar-refractivity contribution in [2.24, 2.45) is 10.7 Å². The molecule has 8 heteroatoms. The number of benzene rings is 2. The van der Waals surface area contributed by atoms with Gasteiger partial charge >= 0.3 is 0 Å². The second-order valence-corrected chi connectivity index (χ2v) is 6.75. The van der Waals surface area contributed by atoms with Crippen molar-refractivity contribution >= 4 is 23.2 Å². The maximum Gasteiger partial charge on any atom is 0.220 e. The van der Waals surface area contributed by atoms with E-state index >= 15 is 0 Å². The van der Waals surface area contributed by atoms with Crippen LogP contribution >= 0.6 is 11.6 Å². The Morgan fingerprint density at radius 1 is 1.22 bits per heavy atom. The zero-order valence-electron chi connectivity index (χ0n) is 14.4. The fourth-order valence-electron chi connectivity index (χ4n) is 3.25. The highest BCUT2D eigenvalue weighted by Gasteiger charge is 2.29. The smallest absolute Gasteiger partial charge is 0.220 e. The number of phenolic OH excluding ortho intramolecular Hbond substituents is 1. The van der Waals surface area contributed by atoms with E-state index in [-0.39, 0.29) is 12.2 Å². The van der Waals surface area contributed by atoms with Crippen LogP contribution in [0.5, 0.6) is 5.75 Å². The van der Waals surface area contributed by atoms with E-state index in [1.54, 1.807) is 30.3 Å². The maximum atomic E-state index is 11.6. The third kappa shape index (κ3) is 3.06. The van der Waals surface area contributed by atoms with Crippen LogP contribution in [0, 0.1) is 6.92 Å². The van der Waals surface area contributed by atoms with Gasteiger partial charge in [0.15, 0.2) is 5.82 Å². The monoisotopic (exact) mass is 381 g/mol. The molecule has 0 spiro atoms. The van der Waals surface area contributed by atoms with Crippen molar-refractivity contribution in [3.8, 4) is 11.4 Å². The molecule has 0 unspecified atom stereocenters. The van der Waals surface area contributed by atoms with E-state index in [1.165, 1.54) is 0 Å². The molecule has 1 aromatic heterocycles. The number of halogens is 1. The Morgan fingerprint density at radius 3 is 2.67 bits per heavy atom. The summed E-state index contributed by atoms with van der Waals surface area (Å²) in [5.74, 6) is 0.803. The van der Waals surface area contributed by atoms with Crippen LogP contribution in [0.1, 0.15) is 35.2 Å². The van der Waals surface area contributed by atoms with E-state index in [1.807, 2.05) is 23.6 Å². The van der Waals surface area contributed by atoms with E-state index in [2.05, 4.69) is 10.2 Å². The molecule has 1 atom stereocenters. The molecule has 1 amide bonds. The highest BCUT2D eigenvalue weighted by molar-refractivity contribution is 6.30. The fraction of sp³-hybridized carbons (Fsp3) is 0.158. The first-order valence-corrected chi connectivity index (χ1v) is 8.69. The molecule has 3 N–H and O–H groups in total. The number of aromatic nitrogens is 3. The Labute approximate surface area is 160 Å². The molecule has 0 aliphatic carbocycles. The van der Waals surface area contributed by atoms with Crippen molar-refractivity contribution in [3.05, 3.63) is 70.3 Å². The van der Waals surface area contributed by atoms with Gasteiger partial charge in [0.25, 0.3) is 0 Å². The minimum absolute atomic E-state index is 0.00477. The van der Waals surface area contributed by atoms with Crippen LogP contribution in [0.25, 0.3) is 5.69 Å². The molecule has 4 rings (SSSR count). The minimum atomic E-state index is -0.594. The molecule has 0 saturated carbocycles. The predicted molar refractivity (Wildman–Crippen MR) is 101 cm³/mol. The lowest BCUT2D eigenvalue weighted by atomic mass is 10.00. The number of phenols is 1. The summed E-state index contributed by atoms with van der Waals surface area (Å²) in [6.07, 6.45) is -0.00477. The van der Waals surface area contributed by atoms with Crippen LogP contribution in [-0.4, -0.2) is 31.5 Å². The van der Waals surface area contributed by atoms with Crippen molar-refractivity contribution in [2.75, 3.05) is 0 Å². The number of nitrogens with two attached hydrogens (primary N) is 1. The molecule has 2 aromatic carbocycles. The molecule has 0 saturated heterocycles. The van der Waals surface area contributed by atoms with Gasteiger partial charge in [0.05, 0.1) is 17.8 Å². The molecule has 1 aliphatic heterocycles. The molecule has 0 radical (unpaired) electrons. The largest absolute Gasteiger partial charge is 0.508 e. The first kappa shape index (κ1) is 17.2. The van der Waals surface area contributed by atoms with Gasteiger partial charge in [-0.05, 0) is 37.3 Å². The molecule has 3 aromatic rings. The summed E-state index contributed by atoms with van der Waals surface area (Å²) < 4.78 is 1.84. The molecule has 27 heavy (non-hydrogen) atoms. The number of carbonyl (C=O) groups is 1. The molecule has 0 bridgehead atoms. The van der Waals surface area contributed by atoms with E-state index < -0.39 is 11.9 Å². The fourth-order valence-corrected chi connectivity index (χ4v) is 3.38. The number of fused-ring (bicyclic) bond motifs is 3. The molecular formula is C19H16ClN5O2. The van der Waals surface area contributed by atoms with Crippen LogP contribution < -0.4 is 5.73 Å². The topological polar surface area (TPSA) is 106 Å². The lowest BCUT2D eigenvalue weighted by Gasteiger charge is -2.13. The number of aryl methyl sites for hydroxylation is 1. The minimum Gasteiger partial charge on any atom is -0.508 e. The standard InChI is InChI=1S/C19H16ClN5O2/c1-10-23-24-19-15(9-17(21)27)22-18(11-2-4-12(20)5-3-11)14-8-13(26)6-7-16(14)25(10)19/h2-8,15,26H,9H2,1H3,(H2,21,27)/t15-/m0/s1. The highest BCUT2D eigenvalue weighted by atomic mass is 35.5. The summed E-state index contributed by atoms with van der Waals surface area (Å²) in [6.45, 7) is 1.82. The van der Waals surface area contributed by atoms with Crippen molar-refractivity contribution < 1.29 is 9.90 Å². The van der Waals surface area contributed by atoms with Gasteiger partial charge in [-0.25, -0.2) is 0 Å². The van der Waals surface area contributed by atoms with Gasteiger partial charge in [0.1, 0.15) is 17.6 Å². The van der Waals surface area contributed by atoms with Crippen molar-refractivity contribution in [3.63, 3.8) is 0 Å². The SMILES string of the molecule is Cc1nnc2n1-c1ccc(O)cc1C(c1ccc(Cl)cc1)=N[C@H]2CC(N)=O. The van der Waals surface area contributed by atoms with Gasteiger partial charge in [-0.3, -0.25) is 14.4 Å². The summed E-state index contributed by atoms with van der Waals surface area (Å²) >= 11 is 6.02. The van der Waals surface area contributed by atoms with Gasteiger partial charge in [-0.15, -0.1) is 10.2 Å². The van der Waals surface area contributed by atoms with Crippen LogP contribution in [0.15, 0.2) is 47.5 Å². The van der Waals surface area contributed by atoms with Gasteiger partial charge in [0, 0.05) is 16.1 Å². The van der Waals surface area contributed by atoms with Crippen LogP contribution in [0.4, 0.5) is 0 Å². The number of nitrogens with zero attached hydrogens (tertiary/aromatic N) is 4. The van der Waals surface area contributed by atoms with Gasteiger partial charge in [0.2, 0.25) is 5.91 Å². The first-order valence-electron chi connectivity index (χ1n) is 8.32. The average Bonchev–Trinajstić information content (AvgIpc) is 2.94. The number of aromatic hydroxyl groups is 1. The van der Waals surface area contributed by atoms with Gasteiger partial charge in [-0.1, -0.05) is 23.7 Å². The number of hydrogen-bond acceptors (Lipinski definition) is 5. The number of amides is 1. The predicted octanol–water partition coefficient (Wildman–Crippen LogP) is 2.70. The molecule has 7 nitrogen and oxygen atoms in total. The van der Waals surface area contributed by atoms with Gasteiger partial charge in [-0.2, -0.15) is 0 Å². The average molecular weight is 382 g/mol. The zero-order chi connectivity index (χ0) is 19.1. The Bertz CT molecular complexity index is 1070. The van der Waals surface area contributed by atoms with E-state index in [4.69, 9.17) is 22.3 Å².